The van der Waals surface area contributed by atoms with E-state index in [1.165, 1.54) is 30.7 Å². The summed E-state index contributed by atoms with van der Waals surface area (Å²) in [5.41, 5.74) is 0. The third-order valence-corrected chi connectivity index (χ3v) is 6.37. The van der Waals surface area contributed by atoms with Crippen molar-refractivity contribution in [1.82, 2.24) is 13.9 Å². The third kappa shape index (κ3) is 5.05. The highest BCUT2D eigenvalue weighted by Crippen LogP contribution is 2.30. The number of thiol groups is 1. The van der Waals surface area contributed by atoms with Gasteiger partial charge in [-0.2, -0.15) is 4.31 Å². The second-order valence-corrected chi connectivity index (χ2v) is 8.20. The molecule has 1 N–H and O–H groups in total. The zero-order chi connectivity index (χ0) is 18.4. The van der Waals surface area contributed by atoms with Gasteiger partial charge < -0.3 is 9.47 Å². The van der Waals surface area contributed by atoms with E-state index in [0.29, 0.717) is 50.8 Å². The molecule has 1 saturated heterocycles. The normalized spacial score (nSPS) is 16.9. The summed E-state index contributed by atoms with van der Waals surface area (Å²) in [6.45, 7) is 2.66. The van der Waals surface area contributed by atoms with Crippen LogP contribution < -0.4 is 14.2 Å². The Kier molecular flexibility index (Phi) is 7.02. The molecule has 0 saturated carbocycles. The van der Waals surface area contributed by atoms with Gasteiger partial charge in [0.15, 0.2) is 11.5 Å². The number of rotatable bonds is 8. The van der Waals surface area contributed by atoms with Crippen LogP contribution in [-0.2, 0) is 20.9 Å². The number of sulfonamides is 1. The van der Waals surface area contributed by atoms with Gasteiger partial charge in [0.2, 0.25) is 20.9 Å². The van der Waals surface area contributed by atoms with Gasteiger partial charge in [-0.3, -0.25) is 4.90 Å². The number of hydrogen-bond donors (Lipinski definition) is 2. The Bertz CT molecular complexity index is 750. The lowest BCUT2D eigenvalue weighted by atomic mass is 10.3. The van der Waals surface area contributed by atoms with Gasteiger partial charge in [-0.25, -0.2) is 21.6 Å². The van der Waals surface area contributed by atoms with Crippen molar-refractivity contribution in [2.45, 2.75) is 4.90 Å². The number of ether oxygens (including phenoxy) is 2. The summed E-state index contributed by atoms with van der Waals surface area (Å²) in [6.07, 6.45) is 0. The molecule has 0 bridgehead atoms. The van der Waals surface area contributed by atoms with Crippen LogP contribution in [0.2, 0.25) is 0 Å². The fourth-order valence-corrected chi connectivity index (χ4v) is 4.34. The van der Waals surface area contributed by atoms with Crippen LogP contribution in [0, 0.1) is 0 Å². The molecule has 0 aromatic heterocycles. The first-order valence-electron chi connectivity index (χ1n) is 7.71. The Balaban J connectivity index is 2.02. The van der Waals surface area contributed by atoms with Crippen molar-refractivity contribution in [2.24, 2.45) is 0 Å². The van der Waals surface area contributed by atoms with Gasteiger partial charge in [0.1, 0.15) is 0 Å². The maximum atomic E-state index is 12.8. The summed E-state index contributed by atoms with van der Waals surface area (Å²) in [5.74, 6) is 0.829. The van der Waals surface area contributed by atoms with Crippen molar-refractivity contribution in [3.05, 3.63) is 18.2 Å². The minimum Gasteiger partial charge on any atom is -0.493 e. The molecule has 11 heteroatoms. The van der Waals surface area contributed by atoms with E-state index in [1.54, 1.807) is 6.07 Å². The van der Waals surface area contributed by atoms with Crippen molar-refractivity contribution in [3.8, 4) is 11.5 Å². The van der Waals surface area contributed by atoms with E-state index < -0.39 is 20.9 Å². The van der Waals surface area contributed by atoms with Crippen LogP contribution in [-0.4, -0.2) is 79.5 Å². The molecule has 0 spiro atoms. The summed E-state index contributed by atoms with van der Waals surface area (Å²) in [5, 5.41) is 0. The molecule has 0 atom stereocenters. The summed E-state index contributed by atoms with van der Waals surface area (Å²) < 4.78 is 60.6. The van der Waals surface area contributed by atoms with Crippen molar-refractivity contribution in [1.29, 1.82) is 0 Å². The van der Waals surface area contributed by atoms with Gasteiger partial charge in [-0.05, 0) is 12.1 Å². The number of piperazine rings is 1. The van der Waals surface area contributed by atoms with Crippen molar-refractivity contribution in [3.63, 3.8) is 0 Å². The molecular formula is C14H23N3O6S2. The molecule has 0 amide bonds. The predicted octanol–water partition coefficient (Wildman–Crippen LogP) is -0.874. The van der Waals surface area contributed by atoms with Gasteiger partial charge in [0.25, 0.3) is 0 Å². The van der Waals surface area contributed by atoms with Crippen LogP contribution in [0.1, 0.15) is 0 Å². The number of nitrogens with one attached hydrogen (secondary N) is 1. The largest absolute Gasteiger partial charge is 0.493 e. The number of hydrogen-bond acceptors (Lipinski definition) is 7. The SMILES string of the molecule is COc1ccc(S(=O)(=O)N2CCN(CCN[SH](=O)=O)CC2)cc1OC. The highest BCUT2D eigenvalue weighted by Gasteiger charge is 2.29. The first kappa shape index (κ1) is 19.9. The fourth-order valence-electron chi connectivity index (χ4n) is 2.62. The Morgan fingerprint density at radius 3 is 2.28 bits per heavy atom. The van der Waals surface area contributed by atoms with Crippen molar-refractivity contribution >= 4 is 20.9 Å². The van der Waals surface area contributed by atoms with E-state index in [9.17, 15) is 16.8 Å². The van der Waals surface area contributed by atoms with E-state index in [2.05, 4.69) is 4.72 Å². The topological polar surface area (TPSA) is 105 Å². The van der Waals surface area contributed by atoms with Crippen LogP contribution in [0.25, 0.3) is 0 Å². The first-order valence-corrected chi connectivity index (χ1v) is 10.3. The molecule has 25 heavy (non-hydrogen) atoms. The summed E-state index contributed by atoms with van der Waals surface area (Å²) in [4.78, 5) is 2.18. The van der Waals surface area contributed by atoms with E-state index in [-0.39, 0.29) is 4.90 Å². The molecule has 1 fully saturated rings. The minimum atomic E-state index is -3.62. The van der Waals surface area contributed by atoms with Gasteiger partial charge in [-0.15, -0.1) is 0 Å². The predicted molar refractivity (Wildman–Crippen MR) is 93.1 cm³/mol. The molecule has 0 unspecified atom stereocenters. The van der Waals surface area contributed by atoms with Crippen LogP contribution in [0.15, 0.2) is 23.1 Å². The Labute approximate surface area is 149 Å². The van der Waals surface area contributed by atoms with Crippen LogP contribution in [0.4, 0.5) is 0 Å². The summed E-state index contributed by atoms with van der Waals surface area (Å²) >= 11 is 0. The van der Waals surface area contributed by atoms with Gasteiger partial charge in [0.05, 0.1) is 19.1 Å². The smallest absolute Gasteiger partial charge is 0.243 e. The van der Waals surface area contributed by atoms with E-state index in [0.717, 1.165) is 0 Å². The average Bonchev–Trinajstić information content (AvgIpc) is 2.61. The van der Waals surface area contributed by atoms with E-state index >= 15 is 0 Å². The molecule has 0 radical (unpaired) electrons. The lowest BCUT2D eigenvalue weighted by Gasteiger charge is -2.33. The summed E-state index contributed by atoms with van der Waals surface area (Å²) in [6, 6.07) is 4.52. The molecule has 1 aliphatic heterocycles. The Morgan fingerprint density at radius 2 is 1.72 bits per heavy atom. The van der Waals surface area contributed by atoms with E-state index in [1.807, 2.05) is 4.90 Å². The molecular weight excluding hydrogens is 370 g/mol. The third-order valence-electron chi connectivity index (χ3n) is 3.99. The maximum Gasteiger partial charge on any atom is 0.243 e. The van der Waals surface area contributed by atoms with Crippen molar-refractivity contribution < 1.29 is 26.3 Å². The number of methoxy groups -OCH3 is 2. The molecule has 0 aliphatic carbocycles. The van der Waals surface area contributed by atoms with Crippen LogP contribution in [0.3, 0.4) is 0 Å². The van der Waals surface area contributed by atoms with Crippen molar-refractivity contribution in [2.75, 3.05) is 53.5 Å². The molecule has 1 aliphatic rings. The lowest BCUT2D eigenvalue weighted by molar-refractivity contribution is 0.191. The molecule has 9 nitrogen and oxygen atoms in total. The first-order chi connectivity index (χ1) is 11.9. The van der Waals surface area contributed by atoms with Crippen LogP contribution >= 0.6 is 0 Å². The molecule has 1 aromatic rings. The molecule has 1 aromatic carbocycles. The zero-order valence-electron chi connectivity index (χ0n) is 14.2. The quantitative estimate of drug-likeness (QED) is 0.553. The van der Waals surface area contributed by atoms with Gasteiger partial charge in [-0.1, -0.05) is 0 Å². The number of nitrogens with zero attached hydrogens (tertiary/aromatic N) is 2. The average molecular weight is 393 g/mol. The van der Waals surface area contributed by atoms with Gasteiger partial charge >= 0.3 is 0 Å². The molecule has 2 rings (SSSR count). The van der Waals surface area contributed by atoms with Gasteiger partial charge in [0, 0.05) is 45.3 Å². The lowest BCUT2D eigenvalue weighted by Crippen LogP contribution is -2.49. The van der Waals surface area contributed by atoms with E-state index in [4.69, 9.17) is 9.47 Å². The second kappa shape index (κ2) is 8.81. The second-order valence-electron chi connectivity index (χ2n) is 5.43. The standard InChI is InChI=1S/C14H23N3O6S2/c1-22-13-4-3-12(11-14(13)23-2)25(20,21)17-9-7-16(8-10-17)6-5-15-24(18)19/h3-4,11,24H,5-10H2,1-2H3,(H,15,18,19). The number of benzene rings is 1. The Morgan fingerprint density at radius 1 is 1.08 bits per heavy atom. The zero-order valence-corrected chi connectivity index (χ0v) is 15.9. The molecule has 142 valence electrons. The fraction of sp³-hybridized carbons (Fsp3) is 0.571. The van der Waals surface area contributed by atoms with Crippen LogP contribution in [0.5, 0.6) is 11.5 Å². The monoisotopic (exact) mass is 393 g/mol. The maximum absolute atomic E-state index is 12.8. The highest BCUT2D eigenvalue weighted by molar-refractivity contribution is 7.89. The molecule has 1 heterocycles. The summed E-state index contributed by atoms with van der Waals surface area (Å²) in [7, 11) is -3.27. The minimum absolute atomic E-state index is 0.156. The highest BCUT2D eigenvalue weighted by atomic mass is 32.2. The Hall–Kier alpha value is -1.40.